The Labute approximate surface area is 94.0 Å². The average Bonchev–Trinajstić information content (AvgIpc) is 3.00. The molecular formula is C13H26N2. The molecule has 0 aromatic heterocycles. The summed E-state index contributed by atoms with van der Waals surface area (Å²) in [6.07, 6.45) is 8.40. The van der Waals surface area contributed by atoms with E-state index in [0.717, 1.165) is 30.7 Å². The smallest absolute Gasteiger partial charge is 0.00109 e. The summed E-state index contributed by atoms with van der Waals surface area (Å²) in [5.74, 6) is 3.18. The first-order chi connectivity index (χ1) is 7.27. The maximum Gasteiger partial charge on any atom is 0.00109 e. The lowest BCUT2D eigenvalue weighted by Gasteiger charge is -2.16. The standard InChI is InChI=1S/C13H26N2/c1-10(14)3-2-8-15-9-13(11-4-5-11)12-6-7-12/h10-13,15H,2-9,14H2,1H3. The van der Waals surface area contributed by atoms with E-state index in [2.05, 4.69) is 12.2 Å². The first-order valence-electron chi connectivity index (χ1n) is 6.73. The highest BCUT2D eigenvalue weighted by atomic mass is 14.9. The SMILES string of the molecule is CC(N)CCCNCC(C1CC1)C1CC1. The summed E-state index contributed by atoms with van der Waals surface area (Å²) < 4.78 is 0. The van der Waals surface area contributed by atoms with Gasteiger partial charge in [-0.3, -0.25) is 0 Å². The second kappa shape index (κ2) is 5.31. The van der Waals surface area contributed by atoms with Crippen LogP contribution in [0.25, 0.3) is 0 Å². The fourth-order valence-corrected chi connectivity index (χ4v) is 2.58. The highest BCUT2D eigenvalue weighted by Crippen LogP contribution is 2.48. The second-order valence-electron chi connectivity index (χ2n) is 5.66. The maximum atomic E-state index is 5.72. The van der Waals surface area contributed by atoms with E-state index in [0.29, 0.717) is 6.04 Å². The van der Waals surface area contributed by atoms with Crippen LogP contribution in [-0.4, -0.2) is 19.1 Å². The van der Waals surface area contributed by atoms with E-state index in [1.165, 1.54) is 38.6 Å². The van der Waals surface area contributed by atoms with Crippen LogP contribution in [0.2, 0.25) is 0 Å². The van der Waals surface area contributed by atoms with Gasteiger partial charge in [-0.1, -0.05) is 0 Å². The van der Waals surface area contributed by atoms with Gasteiger partial charge in [0, 0.05) is 6.04 Å². The molecule has 0 aromatic carbocycles. The van der Waals surface area contributed by atoms with Crippen molar-refractivity contribution in [2.24, 2.45) is 23.5 Å². The topological polar surface area (TPSA) is 38.0 Å². The molecule has 1 atom stereocenters. The predicted molar refractivity (Wildman–Crippen MR) is 64.7 cm³/mol. The third kappa shape index (κ3) is 4.12. The van der Waals surface area contributed by atoms with Crippen molar-refractivity contribution in [3.05, 3.63) is 0 Å². The van der Waals surface area contributed by atoms with Gasteiger partial charge in [-0.2, -0.15) is 0 Å². The van der Waals surface area contributed by atoms with Crippen molar-refractivity contribution < 1.29 is 0 Å². The Hall–Kier alpha value is -0.0800. The largest absolute Gasteiger partial charge is 0.328 e. The highest BCUT2D eigenvalue weighted by Gasteiger charge is 2.40. The minimum Gasteiger partial charge on any atom is -0.328 e. The third-order valence-electron chi connectivity index (χ3n) is 3.85. The van der Waals surface area contributed by atoms with Crippen molar-refractivity contribution in [3.63, 3.8) is 0 Å². The van der Waals surface area contributed by atoms with Crippen LogP contribution < -0.4 is 11.1 Å². The molecule has 0 bridgehead atoms. The van der Waals surface area contributed by atoms with Crippen LogP contribution in [0.15, 0.2) is 0 Å². The van der Waals surface area contributed by atoms with Gasteiger partial charge in [0.2, 0.25) is 0 Å². The summed E-state index contributed by atoms with van der Waals surface area (Å²) in [5, 5.41) is 3.63. The van der Waals surface area contributed by atoms with Crippen LogP contribution >= 0.6 is 0 Å². The molecule has 0 spiro atoms. The van der Waals surface area contributed by atoms with Gasteiger partial charge < -0.3 is 11.1 Å². The van der Waals surface area contributed by atoms with E-state index < -0.39 is 0 Å². The van der Waals surface area contributed by atoms with Crippen LogP contribution in [0.4, 0.5) is 0 Å². The van der Waals surface area contributed by atoms with E-state index in [-0.39, 0.29) is 0 Å². The highest BCUT2D eigenvalue weighted by molar-refractivity contribution is 4.92. The van der Waals surface area contributed by atoms with Crippen molar-refractivity contribution in [1.82, 2.24) is 5.32 Å². The van der Waals surface area contributed by atoms with Gasteiger partial charge >= 0.3 is 0 Å². The number of nitrogens with one attached hydrogen (secondary N) is 1. The quantitative estimate of drug-likeness (QED) is 0.602. The number of nitrogens with two attached hydrogens (primary N) is 1. The number of hydrogen-bond donors (Lipinski definition) is 2. The van der Waals surface area contributed by atoms with Crippen LogP contribution in [0, 0.1) is 17.8 Å². The van der Waals surface area contributed by atoms with Crippen molar-refractivity contribution in [1.29, 1.82) is 0 Å². The molecule has 2 fully saturated rings. The first kappa shape index (κ1) is 11.4. The maximum absolute atomic E-state index is 5.72. The molecule has 2 aliphatic carbocycles. The van der Waals surface area contributed by atoms with Crippen LogP contribution in [0.5, 0.6) is 0 Å². The summed E-state index contributed by atoms with van der Waals surface area (Å²) in [5.41, 5.74) is 5.72. The molecule has 0 aliphatic heterocycles. The van der Waals surface area contributed by atoms with Gasteiger partial charge in [-0.05, 0) is 76.3 Å². The molecule has 0 aromatic rings. The molecule has 2 nitrogen and oxygen atoms in total. The fraction of sp³-hybridized carbons (Fsp3) is 1.00. The van der Waals surface area contributed by atoms with E-state index in [9.17, 15) is 0 Å². The Balaban J connectivity index is 1.51. The lowest BCUT2D eigenvalue weighted by Crippen LogP contribution is -2.27. The van der Waals surface area contributed by atoms with Crippen LogP contribution in [0.1, 0.15) is 45.4 Å². The summed E-state index contributed by atoms with van der Waals surface area (Å²) >= 11 is 0. The van der Waals surface area contributed by atoms with Crippen molar-refractivity contribution in [3.8, 4) is 0 Å². The van der Waals surface area contributed by atoms with E-state index in [1.807, 2.05) is 0 Å². The lowest BCUT2D eigenvalue weighted by molar-refractivity contribution is 0.376. The molecule has 0 amide bonds. The Kier molecular flexibility index (Phi) is 4.04. The number of hydrogen-bond acceptors (Lipinski definition) is 2. The van der Waals surface area contributed by atoms with Crippen molar-refractivity contribution in [2.75, 3.05) is 13.1 Å². The molecule has 0 heterocycles. The van der Waals surface area contributed by atoms with E-state index >= 15 is 0 Å². The van der Waals surface area contributed by atoms with E-state index in [1.54, 1.807) is 0 Å². The van der Waals surface area contributed by atoms with Crippen molar-refractivity contribution in [2.45, 2.75) is 51.5 Å². The molecule has 1 unspecified atom stereocenters. The van der Waals surface area contributed by atoms with Gasteiger partial charge in [-0.25, -0.2) is 0 Å². The number of rotatable bonds is 8. The van der Waals surface area contributed by atoms with Gasteiger partial charge in [-0.15, -0.1) is 0 Å². The molecule has 2 saturated carbocycles. The predicted octanol–water partition coefficient (Wildman–Crippen LogP) is 2.14. The zero-order valence-corrected chi connectivity index (χ0v) is 10.0. The summed E-state index contributed by atoms with van der Waals surface area (Å²) in [6, 6.07) is 0.370. The average molecular weight is 210 g/mol. The Morgan fingerprint density at radius 2 is 1.80 bits per heavy atom. The summed E-state index contributed by atoms with van der Waals surface area (Å²) in [7, 11) is 0. The van der Waals surface area contributed by atoms with Crippen molar-refractivity contribution >= 4 is 0 Å². The van der Waals surface area contributed by atoms with Crippen LogP contribution in [-0.2, 0) is 0 Å². The minimum atomic E-state index is 0.370. The van der Waals surface area contributed by atoms with Gasteiger partial charge in [0.05, 0.1) is 0 Å². The molecule has 2 aliphatic rings. The molecule has 2 rings (SSSR count). The monoisotopic (exact) mass is 210 g/mol. The molecule has 2 heteroatoms. The van der Waals surface area contributed by atoms with Gasteiger partial charge in [0.15, 0.2) is 0 Å². The second-order valence-corrected chi connectivity index (χ2v) is 5.66. The zero-order valence-electron chi connectivity index (χ0n) is 10.0. The fourth-order valence-electron chi connectivity index (χ4n) is 2.58. The Bertz CT molecular complexity index is 171. The Morgan fingerprint density at radius 1 is 1.20 bits per heavy atom. The first-order valence-corrected chi connectivity index (χ1v) is 6.73. The van der Waals surface area contributed by atoms with Gasteiger partial charge in [0.25, 0.3) is 0 Å². The molecule has 0 radical (unpaired) electrons. The third-order valence-corrected chi connectivity index (χ3v) is 3.85. The molecule has 15 heavy (non-hydrogen) atoms. The van der Waals surface area contributed by atoms with E-state index in [4.69, 9.17) is 5.73 Å². The normalized spacial score (nSPS) is 23.4. The molecular weight excluding hydrogens is 184 g/mol. The molecule has 88 valence electrons. The Morgan fingerprint density at radius 3 is 2.27 bits per heavy atom. The molecule has 3 N–H and O–H groups in total. The van der Waals surface area contributed by atoms with Gasteiger partial charge in [0.1, 0.15) is 0 Å². The van der Waals surface area contributed by atoms with Crippen LogP contribution in [0.3, 0.4) is 0 Å². The zero-order chi connectivity index (χ0) is 10.7. The summed E-state index contributed by atoms with van der Waals surface area (Å²) in [6.45, 7) is 4.53. The minimum absolute atomic E-state index is 0.370. The molecule has 0 saturated heterocycles. The summed E-state index contributed by atoms with van der Waals surface area (Å²) in [4.78, 5) is 0. The lowest BCUT2D eigenvalue weighted by atomic mass is 9.98.